The third-order valence-corrected chi connectivity index (χ3v) is 3.72. The van der Waals surface area contributed by atoms with Gasteiger partial charge in [0, 0.05) is 44.4 Å². The van der Waals surface area contributed by atoms with Gasteiger partial charge in [-0.05, 0) is 13.0 Å². The maximum Gasteiger partial charge on any atom is 0.273 e. The van der Waals surface area contributed by atoms with Crippen LogP contribution < -0.4 is 10.6 Å². The van der Waals surface area contributed by atoms with Crippen molar-refractivity contribution in [3.8, 4) is 0 Å². The van der Waals surface area contributed by atoms with E-state index >= 15 is 0 Å². The Morgan fingerprint density at radius 1 is 1.30 bits per heavy atom. The van der Waals surface area contributed by atoms with Crippen LogP contribution in [0.25, 0.3) is 0 Å². The number of carbonyl (C=O) groups excluding carboxylic acids is 1. The van der Waals surface area contributed by atoms with Crippen molar-refractivity contribution in [2.75, 3.05) is 39.3 Å². The predicted octanol–water partition coefficient (Wildman–Crippen LogP) is 0.971. The monoisotopic (exact) mass is 342 g/mol. The number of halogens is 1. The first kappa shape index (κ1) is 19.3. The fraction of sp³-hybridized carbons (Fsp3) is 0.533. The second-order valence-electron chi connectivity index (χ2n) is 5.36. The molecule has 1 amide bonds. The summed E-state index contributed by atoms with van der Waals surface area (Å²) in [6.45, 7) is 5.69. The highest BCUT2D eigenvalue weighted by Crippen LogP contribution is 2.17. The van der Waals surface area contributed by atoms with Crippen LogP contribution in [-0.4, -0.2) is 55.0 Å². The summed E-state index contributed by atoms with van der Waals surface area (Å²) in [5.41, 5.74) is 0.450. The first-order chi connectivity index (χ1) is 10.7. The van der Waals surface area contributed by atoms with Gasteiger partial charge in [0.1, 0.15) is 0 Å². The molecule has 1 fully saturated rings. The molecule has 0 atom stereocenters. The van der Waals surface area contributed by atoms with Crippen LogP contribution in [0.3, 0.4) is 0 Å². The molecule has 0 bridgehead atoms. The minimum absolute atomic E-state index is 0. The quantitative estimate of drug-likeness (QED) is 0.438. The van der Waals surface area contributed by atoms with E-state index in [4.69, 9.17) is 0 Å². The number of carbonyl (C=O) groups is 1. The van der Waals surface area contributed by atoms with Crippen molar-refractivity contribution in [2.45, 2.75) is 12.8 Å². The number of nitro benzene ring substituents is 1. The summed E-state index contributed by atoms with van der Waals surface area (Å²) in [5, 5.41) is 17.0. The lowest BCUT2D eigenvalue weighted by Crippen LogP contribution is -2.44. The average molecular weight is 343 g/mol. The van der Waals surface area contributed by atoms with Gasteiger partial charge in [0.25, 0.3) is 5.69 Å². The van der Waals surface area contributed by atoms with Crippen LogP contribution in [0.15, 0.2) is 24.3 Å². The summed E-state index contributed by atoms with van der Waals surface area (Å²) < 4.78 is 0. The number of amides is 1. The van der Waals surface area contributed by atoms with Crippen molar-refractivity contribution in [3.05, 3.63) is 39.9 Å². The Bertz CT molecular complexity index is 521. The Balaban J connectivity index is 0.00000264. The van der Waals surface area contributed by atoms with E-state index in [1.54, 1.807) is 18.2 Å². The first-order valence-electron chi connectivity index (χ1n) is 7.59. The van der Waals surface area contributed by atoms with Gasteiger partial charge < -0.3 is 15.5 Å². The van der Waals surface area contributed by atoms with Crippen LogP contribution in [-0.2, 0) is 11.2 Å². The molecule has 23 heavy (non-hydrogen) atoms. The number of nitro groups is 1. The number of rotatable bonds is 7. The number of benzene rings is 1. The Morgan fingerprint density at radius 3 is 2.70 bits per heavy atom. The van der Waals surface area contributed by atoms with E-state index in [1.807, 2.05) is 0 Å². The molecule has 1 aliphatic heterocycles. The molecule has 0 saturated carbocycles. The summed E-state index contributed by atoms with van der Waals surface area (Å²) in [6.07, 6.45) is 0.938. The number of nitrogens with one attached hydrogen (secondary N) is 2. The van der Waals surface area contributed by atoms with Crippen LogP contribution in [0.4, 0.5) is 5.69 Å². The van der Waals surface area contributed by atoms with Gasteiger partial charge in [-0.3, -0.25) is 14.9 Å². The first-order valence-corrected chi connectivity index (χ1v) is 7.59. The predicted molar refractivity (Wildman–Crippen MR) is 91.0 cm³/mol. The third kappa shape index (κ3) is 6.52. The van der Waals surface area contributed by atoms with Crippen molar-refractivity contribution < 1.29 is 9.72 Å². The fourth-order valence-electron chi connectivity index (χ4n) is 2.54. The van der Waals surface area contributed by atoms with E-state index in [1.165, 1.54) is 6.07 Å². The molecule has 0 aliphatic carbocycles. The largest absolute Gasteiger partial charge is 0.356 e. The lowest BCUT2D eigenvalue weighted by atomic mass is 10.1. The molecule has 2 rings (SSSR count). The van der Waals surface area contributed by atoms with Crippen molar-refractivity contribution in [2.24, 2.45) is 0 Å². The molecule has 0 aromatic heterocycles. The summed E-state index contributed by atoms with van der Waals surface area (Å²) in [4.78, 5) is 24.7. The van der Waals surface area contributed by atoms with Crippen LogP contribution in [0.1, 0.15) is 12.0 Å². The van der Waals surface area contributed by atoms with Crippen molar-refractivity contribution >= 4 is 24.0 Å². The summed E-state index contributed by atoms with van der Waals surface area (Å²) in [5.74, 6) is -0.172. The van der Waals surface area contributed by atoms with Gasteiger partial charge in [0.05, 0.1) is 11.3 Å². The normalized spacial score (nSPS) is 14.8. The number of para-hydroxylation sites is 1. The Kier molecular flexibility index (Phi) is 8.53. The van der Waals surface area contributed by atoms with Crippen LogP contribution in [0, 0.1) is 10.1 Å². The molecule has 0 unspecified atom stereocenters. The molecule has 1 aromatic carbocycles. The number of hydrogen-bond donors (Lipinski definition) is 2. The van der Waals surface area contributed by atoms with Gasteiger partial charge in [-0.2, -0.15) is 0 Å². The lowest BCUT2D eigenvalue weighted by molar-refractivity contribution is -0.385. The Labute approximate surface area is 142 Å². The van der Waals surface area contributed by atoms with Crippen molar-refractivity contribution in [3.63, 3.8) is 0 Å². The molecule has 0 spiro atoms. The van der Waals surface area contributed by atoms with Gasteiger partial charge >= 0.3 is 0 Å². The van der Waals surface area contributed by atoms with Gasteiger partial charge in [-0.1, -0.05) is 18.2 Å². The molecule has 128 valence electrons. The molecule has 1 saturated heterocycles. The maximum atomic E-state index is 11.9. The second kappa shape index (κ2) is 10.1. The van der Waals surface area contributed by atoms with Gasteiger partial charge in [0.2, 0.25) is 5.91 Å². The Morgan fingerprint density at radius 2 is 2.00 bits per heavy atom. The zero-order valence-electron chi connectivity index (χ0n) is 13.0. The van der Waals surface area contributed by atoms with E-state index in [9.17, 15) is 14.9 Å². The zero-order chi connectivity index (χ0) is 15.8. The van der Waals surface area contributed by atoms with Gasteiger partial charge in [0.15, 0.2) is 0 Å². The minimum atomic E-state index is -0.451. The second-order valence-corrected chi connectivity index (χ2v) is 5.36. The smallest absolute Gasteiger partial charge is 0.273 e. The van der Waals surface area contributed by atoms with E-state index in [-0.39, 0.29) is 30.4 Å². The average Bonchev–Trinajstić information content (AvgIpc) is 2.53. The summed E-state index contributed by atoms with van der Waals surface area (Å²) in [6, 6.07) is 6.36. The summed E-state index contributed by atoms with van der Waals surface area (Å²) in [7, 11) is 0. The highest BCUT2D eigenvalue weighted by molar-refractivity contribution is 5.85. The molecule has 8 heteroatoms. The maximum absolute atomic E-state index is 11.9. The standard InChI is InChI=1S/C15H22N4O3.ClH/c20-15(12-13-4-1-2-5-14(13)19(21)22)17-6-3-9-18-10-7-16-8-11-18;/h1-2,4-5,16H,3,6-12H2,(H,17,20);1H. The third-order valence-electron chi connectivity index (χ3n) is 3.72. The minimum Gasteiger partial charge on any atom is -0.356 e. The molecule has 7 nitrogen and oxygen atoms in total. The highest BCUT2D eigenvalue weighted by atomic mass is 35.5. The number of hydrogen-bond acceptors (Lipinski definition) is 5. The number of nitrogens with zero attached hydrogens (tertiary/aromatic N) is 2. The molecule has 0 radical (unpaired) electrons. The van der Waals surface area contributed by atoms with E-state index in [2.05, 4.69) is 15.5 Å². The summed E-state index contributed by atoms with van der Waals surface area (Å²) >= 11 is 0. The van der Waals surface area contributed by atoms with Gasteiger partial charge in [-0.25, -0.2) is 0 Å². The van der Waals surface area contributed by atoms with E-state index in [0.717, 1.165) is 39.1 Å². The molecule has 1 aromatic rings. The Hall–Kier alpha value is -1.70. The van der Waals surface area contributed by atoms with Crippen molar-refractivity contribution in [1.82, 2.24) is 15.5 Å². The highest BCUT2D eigenvalue weighted by Gasteiger charge is 2.15. The number of piperazine rings is 1. The molecular weight excluding hydrogens is 320 g/mol. The molecule has 1 aliphatic rings. The van der Waals surface area contributed by atoms with Crippen molar-refractivity contribution in [1.29, 1.82) is 0 Å². The van der Waals surface area contributed by atoms with E-state index < -0.39 is 4.92 Å². The zero-order valence-corrected chi connectivity index (χ0v) is 13.8. The molecule has 1 heterocycles. The van der Waals surface area contributed by atoms with Crippen LogP contribution in [0.5, 0.6) is 0 Å². The lowest BCUT2D eigenvalue weighted by Gasteiger charge is -2.27. The van der Waals surface area contributed by atoms with E-state index in [0.29, 0.717) is 12.1 Å². The SMILES string of the molecule is Cl.O=C(Cc1ccccc1[N+](=O)[O-])NCCCN1CCNCC1. The van der Waals surface area contributed by atoms with Gasteiger partial charge in [-0.15, -0.1) is 12.4 Å². The van der Waals surface area contributed by atoms with Crippen LogP contribution >= 0.6 is 12.4 Å². The molecular formula is C15H23ClN4O3. The fourth-order valence-corrected chi connectivity index (χ4v) is 2.54. The van der Waals surface area contributed by atoms with Crippen LogP contribution in [0.2, 0.25) is 0 Å². The topological polar surface area (TPSA) is 87.5 Å². The molecule has 2 N–H and O–H groups in total.